The van der Waals surface area contributed by atoms with Crippen LogP contribution in [0.15, 0.2) is 52.6 Å². The predicted molar refractivity (Wildman–Crippen MR) is 113 cm³/mol. The van der Waals surface area contributed by atoms with Crippen molar-refractivity contribution in [3.05, 3.63) is 48.3 Å². The van der Waals surface area contributed by atoms with E-state index in [1.165, 1.54) is 12.1 Å². The number of hydrogen-bond acceptors (Lipinski definition) is 4. The Morgan fingerprint density at radius 3 is 2.58 bits per heavy atom. The van der Waals surface area contributed by atoms with E-state index in [-0.39, 0.29) is 28.9 Å². The van der Waals surface area contributed by atoms with Gasteiger partial charge in [-0.25, -0.2) is 18.5 Å². The number of aromatic nitrogens is 2. The Hall–Kier alpha value is -1.66. The molecule has 10 heteroatoms. The van der Waals surface area contributed by atoms with Crippen molar-refractivity contribution in [3.8, 4) is 0 Å². The number of nitrogens with one attached hydrogen (secondary N) is 2. The van der Waals surface area contributed by atoms with Crippen molar-refractivity contribution in [1.29, 1.82) is 0 Å². The number of guanidine groups is 1. The molecule has 1 aromatic heterocycles. The average Bonchev–Trinajstić information content (AvgIpc) is 3.09. The summed E-state index contributed by atoms with van der Waals surface area (Å²) < 4.78 is 24.4. The molecule has 0 saturated heterocycles. The van der Waals surface area contributed by atoms with Gasteiger partial charge in [0.1, 0.15) is 0 Å². The first-order chi connectivity index (χ1) is 12.0. The van der Waals surface area contributed by atoms with E-state index in [9.17, 15) is 8.42 Å². The topological polar surface area (TPSA) is 114 Å². The largest absolute Gasteiger partial charge is 0.357 e. The van der Waals surface area contributed by atoms with E-state index >= 15 is 0 Å². The number of sulfonamides is 1. The number of hydrogen-bond donors (Lipinski definition) is 3. The van der Waals surface area contributed by atoms with Gasteiger partial charge in [0, 0.05) is 32.0 Å². The third-order valence-electron chi connectivity index (χ3n) is 3.43. The lowest BCUT2D eigenvalue weighted by atomic mass is 10.2. The predicted octanol–water partition coefficient (Wildman–Crippen LogP) is 1.29. The molecular weight excluding hydrogens is 467 g/mol. The number of aryl methyl sites for hydroxylation is 1. The van der Waals surface area contributed by atoms with E-state index in [2.05, 4.69) is 20.7 Å². The van der Waals surface area contributed by atoms with Crippen LogP contribution >= 0.6 is 24.0 Å². The fourth-order valence-electron chi connectivity index (χ4n) is 2.18. The number of primary sulfonamides is 1. The summed E-state index contributed by atoms with van der Waals surface area (Å²) in [5.41, 5.74) is 0.904. The van der Waals surface area contributed by atoms with Crippen LogP contribution in [0.2, 0.25) is 0 Å². The van der Waals surface area contributed by atoms with Gasteiger partial charge in [-0.05, 0) is 37.1 Å². The molecule has 0 aliphatic rings. The molecule has 144 valence electrons. The van der Waals surface area contributed by atoms with Crippen LogP contribution in [0.3, 0.4) is 0 Å². The third kappa shape index (κ3) is 7.70. The highest BCUT2D eigenvalue weighted by Crippen LogP contribution is 2.09. The van der Waals surface area contributed by atoms with Crippen LogP contribution in [0.25, 0.3) is 0 Å². The van der Waals surface area contributed by atoms with E-state index in [1.807, 2.05) is 23.9 Å². The minimum absolute atomic E-state index is 0. The van der Waals surface area contributed by atoms with E-state index < -0.39 is 10.0 Å². The maximum absolute atomic E-state index is 11.3. The van der Waals surface area contributed by atoms with Gasteiger partial charge in [-0.1, -0.05) is 12.1 Å². The summed E-state index contributed by atoms with van der Waals surface area (Å²) in [4.78, 5) is 4.60. The highest BCUT2D eigenvalue weighted by Gasteiger charge is 2.06. The number of nitrogens with zero attached hydrogens (tertiary/aromatic N) is 3. The number of aliphatic imine (C=N–C) groups is 1. The second-order valence-corrected chi connectivity index (χ2v) is 7.00. The summed E-state index contributed by atoms with van der Waals surface area (Å²) >= 11 is 0. The van der Waals surface area contributed by atoms with Crippen molar-refractivity contribution in [1.82, 2.24) is 20.4 Å². The third-order valence-corrected chi connectivity index (χ3v) is 4.36. The van der Waals surface area contributed by atoms with Gasteiger partial charge in [-0.15, -0.1) is 24.0 Å². The lowest BCUT2D eigenvalue weighted by Crippen LogP contribution is -2.38. The Balaban J connectivity index is 0.00000338. The van der Waals surface area contributed by atoms with Gasteiger partial charge in [-0.3, -0.25) is 4.68 Å². The van der Waals surface area contributed by atoms with Gasteiger partial charge in [0.15, 0.2) is 5.96 Å². The summed E-state index contributed by atoms with van der Waals surface area (Å²) in [5, 5.41) is 15.7. The lowest BCUT2D eigenvalue weighted by molar-refractivity contribution is 0.570. The summed E-state index contributed by atoms with van der Waals surface area (Å²) in [7, 11) is -3.66. The molecule has 2 aromatic rings. The molecule has 1 aromatic carbocycles. The quantitative estimate of drug-likeness (QED) is 0.223. The zero-order chi connectivity index (χ0) is 18.1. The second-order valence-electron chi connectivity index (χ2n) is 5.43. The van der Waals surface area contributed by atoms with Crippen LogP contribution < -0.4 is 15.8 Å². The molecule has 0 radical (unpaired) electrons. The summed E-state index contributed by atoms with van der Waals surface area (Å²) in [5.74, 6) is 0.721. The lowest BCUT2D eigenvalue weighted by Gasteiger charge is -2.11. The average molecular weight is 492 g/mol. The Labute approximate surface area is 171 Å². The van der Waals surface area contributed by atoms with E-state index in [1.54, 1.807) is 18.3 Å². The number of rotatable bonds is 8. The Kier molecular flexibility index (Phi) is 9.59. The van der Waals surface area contributed by atoms with Crippen LogP contribution in [-0.2, 0) is 23.1 Å². The van der Waals surface area contributed by atoms with Crippen molar-refractivity contribution < 1.29 is 8.42 Å². The van der Waals surface area contributed by atoms with Crippen LogP contribution in [-0.4, -0.2) is 37.2 Å². The Bertz CT molecular complexity index is 776. The molecule has 0 saturated carbocycles. The van der Waals surface area contributed by atoms with Crippen molar-refractivity contribution in [2.24, 2.45) is 10.1 Å². The van der Waals surface area contributed by atoms with Crippen molar-refractivity contribution in [2.45, 2.75) is 31.3 Å². The monoisotopic (exact) mass is 492 g/mol. The standard InChI is InChI=1S/C16H24N6O2S.HI/c1-2-18-16(19-9-3-11-22-12-4-10-21-22)20-13-14-5-7-15(8-6-14)25(17,23)24;/h4-8,10,12H,2-3,9,11,13H2,1H3,(H2,17,23,24)(H2,18,19,20);1H. The molecule has 4 N–H and O–H groups in total. The van der Waals surface area contributed by atoms with E-state index in [0.29, 0.717) is 6.54 Å². The summed E-state index contributed by atoms with van der Waals surface area (Å²) in [6, 6.07) is 8.31. The van der Waals surface area contributed by atoms with Gasteiger partial charge in [0.25, 0.3) is 0 Å². The fraction of sp³-hybridized carbons (Fsp3) is 0.375. The molecule has 0 amide bonds. The van der Waals surface area contributed by atoms with Gasteiger partial charge in [0.2, 0.25) is 10.0 Å². The van der Waals surface area contributed by atoms with E-state index in [0.717, 1.165) is 37.6 Å². The van der Waals surface area contributed by atoms with Crippen molar-refractivity contribution in [3.63, 3.8) is 0 Å². The normalized spacial score (nSPS) is 11.7. The van der Waals surface area contributed by atoms with Crippen LogP contribution in [0.5, 0.6) is 0 Å². The first kappa shape index (κ1) is 22.4. The minimum atomic E-state index is -3.66. The number of benzene rings is 1. The molecule has 0 spiro atoms. The van der Waals surface area contributed by atoms with Gasteiger partial charge >= 0.3 is 0 Å². The molecule has 2 rings (SSSR count). The molecule has 8 nitrogen and oxygen atoms in total. The molecule has 26 heavy (non-hydrogen) atoms. The molecule has 1 heterocycles. The second kappa shape index (κ2) is 11.1. The number of nitrogens with two attached hydrogens (primary N) is 1. The zero-order valence-corrected chi connectivity index (χ0v) is 17.8. The number of halogens is 1. The molecule has 0 unspecified atom stereocenters. The van der Waals surface area contributed by atoms with E-state index in [4.69, 9.17) is 5.14 Å². The zero-order valence-electron chi connectivity index (χ0n) is 14.6. The summed E-state index contributed by atoms with van der Waals surface area (Å²) in [6.07, 6.45) is 4.62. The molecule has 0 fully saturated rings. The van der Waals surface area contributed by atoms with Crippen LogP contribution in [0, 0.1) is 0 Å². The first-order valence-electron chi connectivity index (χ1n) is 8.10. The Morgan fingerprint density at radius 2 is 2.00 bits per heavy atom. The highest BCUT2D eigenvalue weighted by atomic mass is 127. The van der Waals surface area contributed by atoms with Crippen molar-refractivity contribution in [2.75, 3.05) is 13.1 Å². The fourth-order valence-corrected chi connectivity index (χ4v) is 2.69. The summed E-state index contributed by atoms with van der Waals surface area (Å²) in [6.45, 7) is 4.82. The Morgan fingerprint density at radius 1 is 1.27 bits per heavy atom. The first-order valence-corrected chi connectivity index (χ1v) is 9.65. The maximum Gasteiger partial charge on any atom is 0.238 e. The molecule has 0 aliphatic heterocycles. The molecule has 0 atom stereocenters. The van der Waals surface area contributed by atoms with Crippen LogP contribution in [0.1, 0.15) is 18.9 Å². The minimum Gasteiger partial charge on any atom is -0.357 e. The molecule has 0 aliphatic carbocycles. The van der Waals surface area contributed by atoms with Crippen LogP contribution in [0.4, 0.5) is 0 Å². The van der Waals surface area contributed by atoms with Gasteiger partial charge in [-0.2, -0.15) is 5.10 Å². The molecular formula is C16H25IN6O2S. The highest BCUT2D eigenvalue weighted by molar-refractivity contribution is 14.0. The smallest absolute Gasteiger partial charge is 0.238 e. The SMILES string of the molecule is CCNC(=NCc1ccc(S(N)(=O)=O)cc1)NCCCn1cccn1.I. The molecule has 0 bridgehead atoms. The van der Waals surface area contributed by atoms with Crippen molar-refractivity contribution >= 4 is 40.0 Å². The van der Waals surface area contributed by atoms with Gasteiger partial charge < -0.3 is 10.6 Å². The van der Waals surface area contributed by atoms with Gasteiger partial charge in [0.05, 0.1) is 11.4 Å². The maximum atomic E-state index is 11.3.